The number of likely N-dealkylation sites (tertiary alicyclic amines) is 1. The van der Waals surface area contributed by atoms with Crippen molar-refractivity contribution in [3.63, 3.8) is 0 Å². The van der Waals surface area contributed by atoms with Gasteiger partial charge in [-0.1, -0.05) is 6.08 Å². The molecule has 1 aliphatic heterocycles. The van der Waals surface area contributed by atoms with Crippen LogP contribution in [-0.4, -0.2) is 55.7 Å². The lowest BCUT2D eigenvalue weighted by Gasteiger charge is -2.14. The summed E-state index contributed by atoms with van der Waals surface area (Å²) in [5.41, 5.74) is 8.62. The van der Waals surface area contributed by atoms with Crippen LogP contribution < -0.4 is 5.73 Å². The molecule has 1 saturated heterocycles. The van der Waals surface area contributed by atoms with Crippen LogP contribution in [0.1, 0.15) is 12.0 Å². The van der Waals surface area contributed by atoms with Crippen LogP contribution in [0.25, 0.3) is 11.0 Å². The van der Waals surface area contributed by atoms with Gasteiger partial charge in [0.2, 0.25) is 0 Å². The van der Waals surface area contributed by atoms with E-state index in [0.29, 0.717) is 18.3 Å². The number of fused-ring (bicyclic) bond motifs is 1. The van der Waals surface area contributed by atoms with E-state index >= 15 is 0 Å². The van der Waals surface area contributed by atoms with E-state index in [0.717, 1.165) is 47.6 Å². The summed E-state index contributed by atoms with van der Waals surface area (Å²) in [7, 11) is 0. The number of aliphatic hydroxyl groups is 1. The first-order valence-electron chi connectivity index (χ1n) is 7.84. The zero-order chi connectivity index (χ0) is 16.2. The molecule has 0 unspecified atom stereocenters. The highest BCUT2D eigenvalue weighted by molar-refractivity contribution is 7.99. The van der Waals surface area contributed by atoms with Crippen molar-refractivity contribution in [3.8, 4) is 0 Å². The van der Waals surface area contributed by atoms with Gasteiger partial charge < -0.3 is 15.8 Å². The minimum Gasteiger partial charge on any atom is -0.391 e. The summed E-state index contributed by atoms with van der Waals surface area (Å²) in [6, 6.07) is 0. The van der Waals surface area contributed by atoms with Crippen LogP contribution in [0.15, 0.2) is 25.2 Å². The van der Waals surface area contributed by atoms with E-state index < -0.39 is 0 Å². The number of nitrogens with one attached hydrogen (secondary N) is 1. The van der Waals surface area contributed by atoms with Gasteiger partial charge >= 0.3 is 0 Å². The maximum absolute atomic E-state index is 10.3. The number of aromatic nitrogens is 3. The summed E-state index contributed by atoms with van der Waals surface area (Å²) in [5.74, 6) is 2.87. The summed E-state index contributed by atoms with van der Waals surface area (Å²) in [6.07, 6.45) is 6.14. The van der Waals surface area contributed by atoms with Crippen molar-refractivity contribution in [1.82, 2.24) is 19.9 Å². The van der Waals surface area contributed by atoms with Crippen LogP contribution >= 0.6 is 11.8 Å². The van der Waals surface area contributed by atoms with Gasteiger partial charge in [0.05, 0.1) is 11.6 Å². The van der Waals surface area contributed by atoms with Crippen molar-refractivity contribution in [2.75, 3.05) is 30.3 Å². The Labute approximate surface area is 140 Å². The summed E-state index contributed by atoms with van der Waals surface area (Å²) in [6.45, 7) is 6.12. The number of rotatable bonds is 7. The number of aromatic amines is 1. The highest BCUT2D eigenvalue weighted by Gasteiger charge is 2.31. The maximum atomic E-state index is 10.3. The topological polar surface area (TPSA) is 91.1 Å². The van der Waals surface area contributed by atoms with Crippen LogP contribution in [0.5, 0.6) is 0 Å². The molecule has 0 saturated carbocycles. The Kier molecular flexibility index (Phi) is 5.20. The molecule has 1 fully saturated rings. The third kappa shape index (κ3) is 3.68. The zero-order valence-electron chi connectivity index (χ0n) is 13.1. The van der Waals surface area contributed by atoms with E-state index in [-0.39, 0.29) is 6.10 Å². The molecule has 0 aliphatic carbocycles. The SMILES string of the molecule is C=CCCSC[C@H]1CN(Cc2c[nH]c3c(N)ncnc23)C[C@H]1O. The standard InChI is InChI=1S/C16H23N5OS/c1-2-3-4-23-9-12-7-21(8-13(12)22)6-11-5-18-15-14(11)19-10-20-16(15)17/h2,5,10,12-13,18,22H,1,3-4,6-9H2,(H2,17,19,20)/t12-,13-/m1/s1. The lowest BCUT2D eigenvalue weighted by Crippen LogP contribution is -2.21. The average molecular weight is 333 g/mol. The molecular formula is C16H23N5OS. The van der Waals surface area contributed by atoms with Gasteiger partial charge in [-0.3, -0.25) is 4.90 Å². The molecule has 0 spiro atoms. The second kappa shape index (κ2) is 7.33. The van der Waals surface area contributed by atoms with Crippen LogP contribution in [0.3, 0.4) is 0 Å². The van der Waals surface area contributed by atoms with E-state index in [2.05, 4.69) is 26.4 Å². The Bertz CT molecular complexity index is 674. The van der Waals surface area contributed by atoms with E-state index in [9.17, 15) is 5.11 Å². The van der Waals surface area contributed by atoms with Crippen LogP contribution in [0.2, 0.25) is 0 Å². The first-order valence-corrected chi connectivity index (χ1v) is 9.00. The molecule has 0 bridgehead atoms. The number of nitrogens with two attached hydrogens (primary N) is 1. The van der Waals surface area contributed by atoms with Gasteiger partial charge in [-0.05, 0) is 17.9 Å². The molecule has 0 amide bonds. The number of thioether (sulfide) groups is 1. The Morgan fingerprint density at radius 3 is 3.17 bits per heavy atom. The first kappa shape index (κ1) is 16.3. The molecule has 124 valence electrons. The molecule has 2 aromatic heterocycles. The second-order valence-electron chi connectivity index (χ2n) is 5.97. The third-order valence-corrected chi connectivity index (χ3v) is 5.43. The number of hydrogen-bond acceptors (Lipinski definition) is 6. The van der Waals surface area contributed by atoms with Crippen molar-refractivity contribution < 1.29 is 5.11 Å². The molecule has 23 heavy (non-hydrogen) atoms. The number of H-pyrrole nitrogens is 1. The Balaban J connectivity index is 1.60. The maximum Gasteiger partial charge on any atom is 0.151 e. The van der Waals surface area contributed by atoms with Crippen molar-refractivity contribution in [2.24, 2.45) is 5.92 Å². The van der Waals surface area contributed by atoms with Gasteiger partial charge in [-0.2, -0.15) is 11.8 Å². The van der Waals surface area contributed by atoms with Crippen LogP contribution in [-0.2, 0) is 6.54 Å². The summed E-state index contributed by atoms with van der Waals surface area (Å²) in [5, 5.41) is 10.3. The minimum absolute atomic E-state index is 0.254. The molecule has 1 aliphatic rings. The molecule has 3 heterocycles. The fraction of sp³-hybridized carbons (Fsp3) is 0.500. The molecular weight excluding hydrogens is 310 g/mol. The number of hydrogen-bond donors (Lipinski definition) is 3. The van der Waals surface area contributed by atoms with Crippen LogP contribution in [0, 0.1) is 5.92 Å². The smallest absolute Gasteiger partial charge is 0.151 e. The molecule has 2 aromatic rings. The second-order valence-corrected chi connectivity index (χ2v) is 7.12. The number of nitrogens with zero attached hydrogens (tertiary/aromatic N) is 3. The molecule has 6 nitrogen and oxygen atoms in total. The lowest BCUT2D eigenvalue weighted by atomic mass is 10.1. The summed E-state index contributed by atoms with van der Waals surface area (Å²) < 4.78 is 0. The third-order valence-electron chi connectivity index (χ3n) is 4.25. The number of nitrogen functional groups attached to an aromatic ring is 1. The largest absolute Gasteiger partial charge is 0.391 e. The minimum atomic E-state index is -0.254. The Morgan fingerprint density at radius 2 is 2.35 bits per heavy atom. The normalized spacial score (nSPS) is 22.0. The van der Waals surface area contributed by atoms with E-state index in [1.54, 1.807) is 0 Å². The first-order chi connectivity index (χ1) is 11.2. The predicted molar refractivity (Wildman–Crippen MR) is 95.2 cm³/mol. The highest BCUT2D eigenvalue weighted by atomic mass is 32.2. The number of aliphatic hydroxyl groups excluding tert-OH is 1. The fourth-order valence-corrected chi connectivity index (χ4v) is 4.14. The molecule has 0 radical (unpaired) electrons. The number of β-amino-alcohol motifs (C(OH)–C–C–N with tert-alkyl or cyclic N) is 1. The van der Waals surface area contributed by atoms with Crippen molar-refractivity contribution in [3.05, 3.63) is 30.7 Å². The average Bonchev–Trinajstić information content (AvgIpc) is 3.09. The van der Waals surface area contributed by atoms with Crippen molar-refractivity contribution in [1.29, 1.82) is 0 Å². The van der Waals surface area contributed by atoms with Crippen molar-refractivity contribution >= 4 is 28.6 Å². The predicted octanol–water partition coefficient (Wildman–Crippen LogP) is 1.64. The van der Waals surface area contributed by atoms with Gasteiger partial charge in [0.15, 0.2) is 5.82 Å². The van der Waals surface area contributed by atoms with Gasteiger partial charge in [-0.25, -0.2) is 9.97 Å². The van der Waals surface area contributed by atoms with Gasteiger partial charge in [0, 0.05) is 37.3 Å². The number of anilines is 1. The van der Waals surface area contributed by atoms with E-state index in [4.69, 9.17) is 5.73 Å². The van der Waals surface area contributed by atoms with E-state index in [1.165, 1.54) is 6.33 Å². The van der Waals surface area contributed by atoms with Gasteiger partial charge in [-0.15, -0.1) is 6.58 Å². The van der Waals surface area contributed by atoms with Gasteiger partial charge in [0.1, 0.15) is 11.8 Å². The summed E-state index contributed by atoms with van der Waals surface area (Å²) >= 11 is 1.89. The van der Waals surface area contributed by atoms with Gasteiger partial charge in [0.25, 0.3) is 0 Å². The zero-order valence-corrected chi connectivity index (χ0v) is 13.9. The molecule has 4 N–H and O–H groups in total. The van der Waals surface area contributed by atoms with Crippen LogP contribution in [0.4, 0.5) is 5.82 Å². The highest BCUT2D eigenvalue weighted by Crippen LogP contribution is 2.26. The van der Waals surface area contributed by atoms with Crippen molar-refractivity contribution in [2.45, 2.75) is 19.1 Å². The Hall–Kier alpha value is -1.57. The fourth-order valence-electron chi connectivity index (χ4n) is 3.01. The molecule has 7 heteroatoms. The number of allylic oxidation sites excluding steroid dienone is 1. The molecule has 0 aromatic carbocycles. The summed E-state index contributed by atoms with van der Waals surface area (Å²) in [4.78, 5) is 13.8. The lowest BCUT2D eigenvalue weighted by molar-refractivity contribution is 0.149. The molecule has 3 rings (SSSR count). The van der Waals surface area contributed by atoms with E-state index in [1.807, 2.05) is 24.0 Å². The Morgan fingerprint density at radius 1 is 1.48 bits per heavy atom. The monoisotopic (exact) mass is 333 g/mol. The quantitative estimate of drug-likeness (QED) is 0.527. The molecule has 2 atom stereocenters.